The second-order valence-corrected chi connectivity index (χ2v) is 6.34. The zero-order chi connectivity index (χ0) is 14.6. The Kier molecular flexibility index (Phi) is 4.65. The van der Waals surface area contributed by atoms with Gasteiger partial charge in [0.25, 0.3) is 0 Å². The maximum atomic E-state index is 12.1. The van der Waals surface area contributed by atoms with Gasteiger partial charge in [-0.05, 0) is 63.4 Å². The van der Waals surface area contributed by atoms with E-state index in [9.17, 15) is 9.90 Å². The van der Waals surface area contributed by atoms with Crippen LogP contribution in [-0.2, 0) is 11.2 Å². The summed E-state index contributed by atoms with van der Waals surface area (Å²) in [6, 6.07) is 7.14. The minimum atomic E-state index is -0.278. The van der Waals surface area contributed by atoms with Crippen LogP contribution in [0, 0.1) is 5.92 Å². The van der Waals surface area contributed by atoms with Gasteiger partial charge in [-0.2, -0.15) is 0 Å². The minimum absolute atomic E-state index is 0.127. The predicted octanol–water partition coefficient (Wildman–Crippen LogP) is 1.83. The van der Waals surface area contributed by atoms with E-state index in [2.05, 4.69) is 10.6 Å². The fourth-order valence-corrected chi connectivity index (χ4v) is 2.75. The van der Waals surface area contributed by atoms with Crippen molar-refractivity contribution in [3.8, 4) is 5.75 Å². The number of nitrogens with one attached hydrogen (secondary N) is 2. The fraction of sp³-hybridized carbons (Fsp3) is 0.562. The number of aromatic hydroxyl groups is 1. The van der Waals surface area contributed by atoms with Gasteiger partial charge in [-0.15, -0.1) is 0 Å². The van der Waals surface area contributed by atoms with Gasteiger partial charge in [0.05, 0.1) is 0 Å². The average Bonchev–Trinajstić information content (AvgIpc) is 2.83. The number of hydrogen-bond donors (Lipinski definition) is 3. The predicted molar refractivity (Wildman–Crippen MR) is 79.6 cm³/mol. The monoisotopic (exact) mass is 276 g/mol. The van der Waals surface area contributed by atoms with Gasteiger partial charge in [-0.1, -0.05) is 12.1 Å². The summed E-state index contributed by atoms with van der Waals surface area (Å²) in [5.74, 6) is 0.867. The summed E-state index contributed by atoms with van der Waals surface area (Å²) in [5, 5.41) is 15.7. The second-order valence-electron chi connectivity index (χ2n) is 6.34. The number of carbonyl (C=O) groups is 1. The van der Waals surface area contributed by atoms with Crippen LogP contribution in [0.1, 0.15) is 32.3 Å². The SMILES string of the molecule is CC(C)(Cc1ccc(O)cc1)NC(=O)C[C@H]1CCNC1. The molecule has 0 aromatic heterocycles. The molecule has 4 nitrogen and oxygen atoms in total. The Morgan fingerprint density at radius 3 is 2.70 bits per heavy atom. The van der Waals surface area contributed by atoms with Crippen LogP contribution < -0.4 is 10.6 Å². The highest BCUT2D eigenvalue weighted by molar-refractivity contribution is 5.77. The Bertz CT molecular complexity index is 448. The van der Waals surface area contributed by atoms with Crippen molar-refractivity contribution in [1.82, 2.24) is 10.6 Å². The van der Waals surface area contributed by atoms with Crippen LogP contribution in [-0.4, -0.2) is 29.6 Å². The number of amides is 1. The van der Waals surface area contributed by atoms with E-state index in [0.29, 0.717) is 12.3 Å². The molecule has 1 aliphatic rings. The van der Waals surface area contributed by atoms with Crippen molar-refractivity contribution in [2.75, 3.05) is 13.1 Å². The lowest BCUT2D eigenvalue weighted by Gasteiger charge is -2.27. The maximum Gasteiger partial charge on any atom is 0.220 e. The topological polar surface area (TPSA) is 61.4 Å². The Hall–Kier alpha value is -1.55. The Labute approximate surface area is 120 Å². The average molecular weight is 276 g/mol. The van der Waals surface area contributed by atoms with Crippen molar-refractivity contribution in [3.63, 3.8) is 0 Å². The smallest absolute Gasteiger partial charge is 0.220 e. The van der Waals surface area contributed by atoms with Crippen molar-refractivity contribution in [2.24, 2.45) is 5.92 Å². The quantitative estimate of drug-likeness (QED) is 0.769. The standard InChI is InChI=1S/C16H24N2O2/c1-16(2,10-12-3-5-14(19)6-4-12)18-15(20)9-13-7-8-17-11-13/h3-6,13,17,19H,7-11H2,1-2H3,(H,18,20)/t13-/m1/s1. The highest BCUT2D eigenvalue weighted by atomic mass is 16.3. The number of rotatable bonds is 5. The van der Waals surface area contributed by atoms with E-state index in [1.807, 2.05) is 26.0 Å². The van der Waals surface area contributed by atoms with Crippen LogP contribution in [0.5, 0.6) is 5.75 Å². The molecule has 1 amide bonds. The fourth-order valence-electron chi connectivity index (χ4n) is 2.75. The molecular weight excluding hydrogens is 252 g/mol. The molecule has 1 saturated heterocycles. The highest BCUT2D eigenvalue weighted by Gasteiger charge is 2.24. The van der Waals surface area contributed by atoms with Gasteiger partial charge in [0, 0.05) is 12.0 Å². The highest BCUT2D eigenvalue weighted by Crippen LogP contribution is 2.17. The van der Waals surface area contributed by atoms with E-state index in [4.69, 9.17) is 0 Å². The molecule has 1 atom stereocenters. The Balaban J connectivity index is 1.85. The van der Waals surface area contributed by atoms with Crippen LogP contribution in [0.4, 0.5) is 0 Å². The Morgan fingerprint density at radius 2 is 2.10 bits per heavy atom. The number of phenols is 1. The number of benzene rings is 1. The van der Waals surface area contributed by atoms with E-state index in [0.717, 1.165) is 31.5 Å². The van der Waals surface area contributed by atoms with Gasteiger partial charge in [-0.25, -0.2) is 0 Å². The zero-order valence-electron chi connectivity index (χ0n) is 12.3. The summed E-state index contributed by atoms with van der Waals surface area (Å²) in [6.45, 7) is 6.04. The molecule has 2 rings (SSSR count). The lowest BCUT2D eigenvalue weighted by molar-refractivity contribution is -0.123. The first-order valence-electron chi connectivity index (χ1n) is 7.24. The zero-order valence-corrected chi connectivity index (χ0v) is 12.3. The molecule has 1 heterocycles. The van der Waals surface area contributed by atoms with Crippen LogP contribution in [0.2, 0.25) is 0 Å². The third kappa shape index (κ3) is 4.53. The van der Waals surface area contributed by atoms with E-state index in [1.54, 1.807) is 12.1 Å². The normalized spacial score (nSPS) is 19.0. The summed E-state index contributed by atoms with van der Waals surface area (Å²) in [6.07, 6.45) is 2.44. The molecule has 20 heavy (non-hydrogen) atoms. The molecular formula is C16H24N2O2. The molecule has 3 N–H and O–H groups in total. The maximum absolute atomic E-state index is 12.1. The molecule has 1 aliphatic heterocycles. The molecule has 110 valence electrons. The molecule has 0 saturated carbocycles. The summed E-state index contributed by atoms with van der Waals surface area (Å²) in [5.41, 5.74) is 0.829. The molecule has 0 spiro atoms. The molecule has 0 bridgehead atoms. The van der Waals surface area contributed by atoms with Gasteiger partial charge < -0.3 is 15.7 Å². The molecule has 0 unspecified atom stereocenters. The largest absolute Gasteiger partial charge is 0.508 e. The van der Waals surface area contributed by atoms with Crippen LogP contribution >= 0.6 is 0 Å². The third-order valence-corrected chi connectivity index (χ3v) is 3.70. The second kappa shape index (κ2) is 6.27. The number of hydrogen-bond acceptors (Lipinski definition) is 3. The summed E-state index contributed by atoms with van der Waals surface area (Å²) in [4.78, 5) is 12.1. The molecule has 1 fully saturated rings. The number of carbonyl (C=O) groups excluding carboxylic acids is 1. The van der Waals surface area contributed by atoms with Gasteiger partial charge in [0.1, 0.15) is 5.75 Å². The summed E-state index contributed by atoms with van der Waals surface area (Å²) in [7, 11) is 0. The first-order chi connectivity index (χ1) is 9.44. The van der Waals surface area contributed by atoms with Gasteiger partial charge >= 0.3 is 0 Å². The lowest BCUT2D eigenvalue weighted by atomic mass is 9.94. The van der Waals surface area contributed by atoms with Gasteiger partial charge in [-0.3, -0.25) is 4.79 Å². The molecule has 0 aliphatic carbocycles. The molecule has 4 heteroatoms. The Morgan fingerprint density at radius 1 is 1.40 bits per heavy atom. The molecule has 1 aromatic carbocycles. The van der Waals surface area contributed by atoms with E-state index >= 15 is 0 Å². The van der Waals surface area contributed by atoms with Crippen molar-refractivity contribution in [3.05, 3.63) is 29.8 Å². The minimum Gasteiger partial charge on any atom is -0.508 e. The summed E-state index contributed by atoms with van der Waals surface area (Å²) >= 11 is 0. The summed E-state index contributed by atoms with van der Waals surface area (Å²) < 4.78 is 0. The van der Waals surface area contributed by atoms with Gasteiger partial charge in [0.2, 0.25) is 5.91 Å². The van der Waals surface area contributed by atoms with Crippen molar-refractivity contribution in [2.45, 2.75) is 38.6 Å². The number of phenolic OH excluding ortho intramolecular Hbond substituents is 1. The van der Waals surface area contributed by atoms with Crippen LogP contribution in [0.3, 0.4) is 0 Å². The van der Waals surface area contributed by atoms with Crippen molar-refractivity contribution >= 4 is 5.91 Å². The first kappa shape index (κ1) is 14.9. The van der Waals surface area contributed by atoms with E-state index in [1.165, 1.54) is 0 Å². The van der Waals surface area contributed by atoms with Crippen molar-refractivity contribution < 1.29 is 9.90 Å². The lowest BCUT2D eigenvalue weighted by Crippen LogP contribution is -2.45. The van der Waals surface area contributed by atoms with E-state index < -0.39 is 0 Å². The molecule has 1 aromatic rings. The van der Waals surface area contributed by atoms with Crippen LogP contribution in [0.25, 0.3) is 0 Å². The third-order valence-electron chi connectivity index (χ3n) is 3.70. The van der Waals surface area contributed by atoms with E-state index in [-0.39, 0.29) is 17.2 Å². The van der Waals surface area contributed by atoms with Gasteiger partial charge in [0.15, 0.2) is 0 Å². The van der Waals surface area contributed by atoms with Crippen molar-refractivity contribution in [1.29, 1.82) is 0 Å². The van der Waals surface area contributed by atoms with Crippen LogP contribution in [0.15, 0.2) is 24.3 Å². The molecule has 0 radical (unpaired) electrons. The first-order valence-corrected chi connectivity index (χ1v) is 7.24.